The summed E-state index contributed by atoms with van der Waals surface area (Å²) in [5.74, 6) is 0. The summed E-state index contributed by atoms with van der Waals surface area (Å²) in [4.78, 5) is 24.3. The third-order valence-electron chi connectivity index (χ3n) is 2.32. The number of hydrogen-bond acceptors (Lipinski definition) is 4. The topological polar surface area (TPSA) is 60.7 Å². The van der Waals surface area contributed by atoms with Gasteiger partial charge in [0.15, 0.2) is 0 Å². The molecule has 0 aliphatic rings. The highest BCUT2D eigenvalue weighted by Crippen LogP contribution is 2.06. The van der Waals surface area contributed by atoms with Crippen LogP contribution in [-0.4, -0.2) is 19.5 Å². The van der Waals surface area contributed by atoms with E-state index in [0.29, 0.717) is 16.7 Å². The fraction of sp³-hybridized carbons (Fsp3) is 0.273. The average Bonchev–Trinajstić information content (AvgIpc) is 2.33. The lowest BCUT2D eigenvalue weighted by Crippen LogP contribution is -2.23. The van der Waals surface area contributed by atoms with Crippen LogP contribution in [0.5, 0.6) is 0 Å². The predicted octanol–water partition coefficient (Wildman–Crippen LogP) is 1.46. The van der Waals surface area contributed by atoms with Crippen LogP contribution in [0.1, 0.15) is 17.1 Å². The Morgan fingerprint density at radius 2 is 2.00 bits per heavy atom. The van der Waals surface area contributed by atoms with Gasteiger partial charge in [0.1, 0.15) is 4.47 Å². The van der Waals surface area contributed by atoms with Crippen LogP contribution in [0.4, 0.5) is 0 Å². The Bertz CT molecular complexity index is 591. The summed E-state index contributed by atoms with van der Waals surface area (Å²) in [6.07, 6.45) is 4.86. The Morgan fingerprint density at radius 1 is 1.24 bits per heavy atom. The van der Waals surface area contributed by atoms with Crippen LogP contribution in [0.15, 0.2) is 28.0 Å². The second-order valence-corrected chi connectivity index (χ2v) is 4.52. The molecule has 2 rings (SSSR count). The highest BCUT2D eigenvalue weighted by Gasteiger charge is 2.06. The van der Waals surface area contributed by atoms with Crippen molar-refractivity contribution in [3.63, 3.8) is 0 Å². The van der Waals surface area contributed by atoms with Gasteiger partial charge in [-0.15, -0.1) is 0 Å². The summed E-state index contributed by atoms with van der Waals surface area (Å²) in [5.41, 5.74) is 2.15. The van der Waals surface area contributed by atoms with Crippen molar-refractivity contribution in [3.05, 3.63) is 50.6 Å². The predicted molar refractivity (Wildman–Crippen MR) is 66.8 cm³/mol. The van der Waals surface area contributed by atoms with E-state index in [0.717, 1.165) is 11.4 Å². The van der Waals surface area contributed by atoms with E-state index in [4.69, 9.17) is 0 Å². The summed E-state index contributed by atoms with van der Waals surface area (Å²) in [6.45, 7) is 4.02. The zero-order valence-corrected chi connectivity index (χ0v) is 11.1. The van der Waals surface area contributed by atoms with Crippen molar-refractivity contribution in [3.8, 4) is 0 Å². The van der Waals surface area contributed by atoms with Crippen LogP contribution in [-0.2, 0) is 6.54 Å². The van der Waals surface area contributed by atoms with Gasteiger partial charge in [0, 0.05) is 6.20 Å². The van der Waals surface area contributed by atoms with Gasteiger partial charge in [-0.3, -0.25) is 19.3 Å². The summed E-state index contributed by atoms with van der Waals surface area (Å²) in [6, 6.07) is 0. The maximum atomic E-state index is 11.9. The van der Waals surface area contributed by atoms with E-state index in [1.807, 2.05) is 6.92 Å². The first-order chi connectivity index (χ1) is 8.08. The molecule has 0 saturated carbocycles. The maximum absolute atomic E-state index is 11.9. The SMILES string of the molecule is Cc1cnc(Cn2cnc(C)c(Br)c2=O)cn1. The highest BCUT2D eigenvalue weighted by atomic mass is 79.9. The number of aryl methyl sites for hydroxylation is 2. The Kier molecular flexibility index (Phi) is 3.33. The minimum Gasteiger partial charge on any atom is -0.292 e. The number of hydrogen-bond donors (Lipinski definition) is 0. The van der Waals surface area contributed by atoms with Crippen molar-refractivity contribution < 1.29 is 0 Å². The van der Waals surface area contributed by atoms with Crippen molar-refractivity contribution in [2.45, 2.75) is 20.4 Å². The van der Waals surface area contributed by atoms with Gasteiger partial charge in [0.05, 0.1) is 36.2 Å². The molecule has 2 heterocycles. The van der Waals surface area contributed by atoms with Crippen LogP contribution >= 0.6 is 15.9 Å². The second kappa shape index (κ2) is 4.75. The molecule has 0 fully saturated rings. The minimum atomic E-state index is -0.111. The fourth-order valence-electron chi connectivity index (χ4n) is 1.33. The van der Waals surface area contributed by atoms with E-state index in [1.54, 1.807) is 19.3 Å². The van der Waals surface area contributed by atoms with E-state index in [2.05, 4.69) is 30.9 Å². The lowest BCUT2D eigenvalue weighted by atomic mass is 10.4. The molecule has 0 amide bonds. The van der Waals surface area contributed by atoms with Gasteiger partial charge in [-0.05, 0) is 29.8 Å². The van der Waals surface area contributed by atoms with Gasteiger partial charge in [-0.25, -0.2) is 4.98 Å². The molecular weight excluding hydrogens is 284 g/mol. The van der Waals surface area contributed by atoms with Gasteiger partial charge >= 0.3 is 0 Å². The van der Waals surface area contributed by atoms with Crippen LogP contribution in [0.25, 0.3) is 0 Å². The molecule has 6 heteroatoms. The van der Waals surface area contributed by atoms with E-state index in [-0.39, 0.29) is 5.56 Å². The van der Waals surface area contributed by atoms with Gasteiger partial charge in [0.2, 0.25) is 0 Å². The number of halogens is 1. The number of aromatic nitrogens is 4. The average molecular weight is 295 g/mol. The molecule has 0 spiro atoms. The second-order valence-electron chi connectivity index (χ2n) is 3.73. The molecule has 0 radical (unpaired) electrons. The standard InChI is InChI=1S/C11H11BrN4O/c1-7-3-14-9(4-13-7)5-16-6-15-8(2)10(12)11(16)17/h3-4,6H,5H2,1-2H3. The quantitative estimate of drug-likeness (QED) is 0.841. The van der Waals surface area contributed by atoms with Gasteiger partial charge in [-0.1, -0.05) is 0 Å². The summed E-state index contributed by atoms with van der Waals surface area (Å²) < 4.78 is 1.98. The molecule has 0 N–H and O–H groups in total. The fourth-order valence-corrected chi connectivity index (χ4v) is 1.66. The van der Waals surface area contributed by atoms with Crippen LogP contribution < -0.4 is 5.56 Å². The van der Waals surface area contributed by atoms with Crippen molar-refractivity contribution >= 4 is 15.9 Å². The monoisotopic (exact) mass is 294 g/mol. The summed E-state index contributed by atoms with van der Waals surface area (Å²) >= 11 is 3.22. The molecule has 2 aromatic heterocycles. The molecule has 2 aromatic rings. The first-order valence-corrected chi connectivity index (χ1v) is 5.86. The molecule has 88 valence electrons. The minimum absolute atomic E-state index is 0.111. The molecular formula is C11H11BrN4O. The first kappa shape index (κ1) is 11.9. The zero-order valence-electron chi connectivity index (χ0n) is 9.51. The lowest BCUT2D eigenvalue weighted by Gasteiger charge is -2.06. The normalized spacial score (nSPS) is 10.5. The zero-order chi connectivity index (χ0) is 12.4. The highest BCUT2D eigenvalue weighted by molar-refractivity contribution is 9.10. The summed E-state index contributed by atoms with van der Waals surface area (Å²) in [5, 5.41) is 0. The molecule has 0 aliphatic heterocycles. The Hall–Kier alpha value is -1.56. The van der Waals surface area contributed by atoms with Crippen LogP contribution in [0.2, 0.25) is 0 Å². The first-order valence-electron chi connectivity index (χ1n) is 5.07. The van der Waals surface area contributed by atoms with Crippen LogP contribution in [0, 0.1) is 13.8 Å². The number of rotatable bonds is 2. The van der Waals surface area contributed by atoms with Gasteiger partial charge in [0.25, 0.3) is 5.56 Å². The number of nitrogens with zero attached hydrogens (tertiary/aromatic N) is 4. The van der Waals surface area contributed by atoms with Gasteiger partial charge in [-0.2, -0.15) is 0 Å². The molecule has 0 aromatic carbocycles. The molecule has 17 heavy (non-hydrogen) atoms. The van der Waals surface area contributed by atoms with E-state index in [9.17, 15) is 4.79 Å². The van der Waals surface area contributed by atoms with E-state index in [1.165, 1.54) is 10.9 Å². The van der Waals surface area contributed by atoms with E-state index < -0.39 is 0 Å². The van der Waals surface area contributed by atoms with Crippen molar-refractivity contribution in [1.82, 2.24) is 19.5 Å². The Morgan fingerprint density at radius 3 is 2.65 bits per heavy atom. The largest absolute Gasteiger partial charge is 0.292 e. The van der Waals surface area contributed by atoms with Gasteiger partial charge < -0.3 is 0 Å². The van der Waals surface area contributed by atoms with Crippen molar-refractivity contribution in [2.75, 3.05) is 0 Å². The van der Waals surface area contributed by atoms with Crippen LogP contribution in [0.3, 0.4) is 0 Å². The smallest absolute Gasteiger partial charge is 0.268 e. The molecule has 0 bridgehead atoms. The molecule has 0 atom stereocenters. The lowest BCUT2D eigenvalue weighted by molar-refractivity contribution is 0.704. The molecule has 0 saturated heterocycles. The third kappa shape index (κ3) is 2.58. The Labute approximate surface area is 107 Å². The molecule has 0 unspecified atom stereocenters. The van der Waals surface area contributed by atoms with E-state index >= 15 is 0 Å². The molecule has 5 nitrogen and oxygen atoms in total. The maximum Gasteiger partial charge on any atom is 0.268 e. The Balaban J connectivity index is 2.34. The molecule has 0 aliphatic carbocycles. The third-order valence-corrected chi connectivity index (χ3v) is 3.24. The summed E-state index contributed by atoms with van der Waals surface area (Å²) in [7, 11) is 0. The van der Waals surface area contributed by atoms with Crippen molar-refractivity contribution in [1.29, 1.82) is 0 Å². The van der Waals surface area contributed by atoms with Crippen molar-refractivity contribution in [2.24, 2.45) is 0 Å².